The summed E-state index contributed by atoms with van der Waals surface area (Å²) >= 11 is 3.43. The first-order valence-electron chi connectivity index (χ1n) is 6.43. The Kier molecular flexibility index (Phi) is 7.51. The average Bonchev–Trinajstić information content (AvgIpc) is 2.32. The van der Waals surface area contributed by atoms with Gasteiger partial charge in [0.05, 0.1) is 6.10 Å². The van der Waals surface area contributed by atoms with Gasteiger partial charge in [-0.15, -0.1) is 0 Å². The van der Waals surface area contributed by atoms with Gasteiger partial charge in [0.2, 0.25) is 0 Å². The van der Waals surface area contributed by atoms with Crippen LogP contribution in [0, 0.1) is 0 Å². The van der Waals surface area contributed by atoms with Gasteiger partial charge in [-0.25, -0.2) is 0 Å². The second-order valence-electron chi connectivity index (χ2n) is 4.68. The van der Waals surface area contributed by atoms with Crippen LogP contribution in [0.3, 0.4) is 0 Å². The zero-order valence-electron chi connectivity index (χ0n) is 11.2. The molecule has 18 heavy (non-hydrogen) atoms. The van der Waals surface area contributed by atoms with Gasteiger partial charge in [0.15, 0.2) is 0 Å². The van der Waals surface area contributed by atoms with Crippen LogP contribution < -0.4 is 5.32 Å². The number of nitrogens with one attached hydrogen (secondary N) is 1. The molecule has 1 aromatic carbocycles. The summed E-state index contributed by atoms with van der Waals surface area (Å²) in [6.45, 7) is 5.30. The van der Waals surface area contributed by atoms with Gasteiger partial charge < -0.3 is 10.4 Å². The van der Waals surface area contributed by atoms with Crippen molar-refractivity contribution in [3.63, 3.8) is 0 Å². The second-order valence-corrected chi connectivity index (χ2v) is 5.60. The molecule has 102 valence electrons. The molecule has 0 saturated heterocycles. The third-order valence-electron chi connectivity index (χ3n) is 2.69. The molecule has 0 heterocycles. The molecule has 1 rings (SSSR count). The topological polar surface area (TPSA) is 35.5 Å². The number of halogens is 1. The molecule has 1 atom stereocenters. The predicted octanol–water partition coefficient (Wildman–Crippen LogP) is 2.24. The van der Waals surface area contributed by atoms with E-state index < -0.39 is 0 Å². The molecule has 0 aliphatic carbocycles. The predicted molar refractivity (Wildman–Crippen MR) is 79.6 cm³/mol. The van der Waals surface area contributed by atoms with Gasteiger partial charge in [0, 0.05) is 24.1 Å². The van der Waals surface area contributed by atoms with E-state index >= 15 is 0 Å². The Morgan fingerprint density at radius 1 is 1.33 bits per heavy atom. The van der Waals surface area contributed by atoms with Crippen LogP contribution in [0.1, 0.15) is 18.9 Å². The van der Waals surface area contributed by atoms with Crippen LogP contribution >= 0.6 is 15.9 Å². The third kappa shape index (κ3) is 6.50. The summed E-state index contributed by atoms with van der Waals surface area (Å²) in [5.41, 5.74) is 1.26. The smallest absolute Gasteiger partial charge is 0.0791 e. The summed E-state index contributed by atoms with van der Waals surface area (Å²) in [5.74, 6) is 0. The van der Waals surface area contributed by atoms with E-state index in [4.69, 9.17) is 0 Å². The Balaban J connectivity index is 2.27. The van der Waals surface area contributed by atoms with E-state index in [-0.39, 0.29) is 6.10 Å². The number of hydrogen-bond donors (Lipinski definition) is 2. The minimum Gasteiger partial charge on any atom is -0.390 e. The van der Waals surface area contributed by atoms with Crippen molar-refractivity contribution in [2.24, 2.45) is 0 Å². The first-order valence-corrected chi connectivity index (χ1v) is 7.23. The van der Waals surface area contributed by atoms with Crippen molar-refractivity contribution < 1.29 is 5.11 Å². The Bertz CT molecular complexity index is 329. The molecule has 0 amide bonds. The molecule has 1 unspecified atom stereocenters. The van der Waals surface area contributed by atoms with Crippen molar-refractivity contribution >= 4 is 15.9 Å². The molecule has 1 aromatic rings. The largest absolute Gasteiger partial charge is 0.390 e. The van der Waals surface area contributed by atoms with Gasteiger partial charge in [-0.3, -0.25) is 4.90 Å². The Morgan fingerprint density at radius 2 is 2.00 bits per heavy atom. The highest BCUT2D eigenvalue weighted by atomic mass is 79.9. The molecule has 0 aromatic heterocycles. The minimum absolute atomic E-state index is 0.308. The summed E-state index contributed by atoms with van der Waals surface area (Å²) in [7, 11) is 2.03. The van der Waals surface area contributed by atoms with Gasteiger partial charge in [0.25, 0.3) is 0 Å². The minimum atomic E-state index is -0.308. The lowest BCUT2D eigenvalue weighted by atomic mass is 10.2. The van der Waals surface area contributed by atoms with E-state index in [1.807, 2.05) is 19.2 Å². The number of aliphatic hydroxyl groups excluding tert-OH is 1. The van der Waals surface area contributed by atoms with Crippen molar-refractivity contribution in [2.75, 3.05) is 26.7 Å². The first kappa shape index (κ1) is 15.6. The molecule has 4 heteroatoms. The number of rotatable bonds is 8. The summed E-state index contributed by atoms with van der Waals surface area (Å²) in [4.78, 5) is 2.14. The lowest BCUT2D eigenvalue weighted by Gasteiger charge is -2.21. The molecule has 0 saturated carbocycles. The van der Waals surface area contributed by atoms with Gasteiger partial charge >= 0.3 is 0 Å². The van der Waals surface area contributed by atoms with Crippen LogP contribution in [-0.4, -0.2) is 42.8 Å². The lowest BCUT2D eigenvalue weighted by Crippen LogP contribution is -2.36. The fourth-order valence-corrected chi connectivity index (χ4v) is 2.10. The number of aliphatic hydroxyl groups is 1. The summed E-state index contributed by atoms with van der Waals surface area (Å²) in [5, 5.41) is 13.1. The molecular weight excluding hydrogens is 292 g/mol. The van der Waals surface area contributed by atoms with E-state index in [1.54, 1.807) is 0 Å². The Morgan fingerprint density at radius 3 is 2.61 bits per heavy atom. The van der Waals surface area contributed by atoms with Crippen LogP contribution in [-0.2, 0) is 6.54 Å². The van der Waals surface area contributed by atoms with Crippen molar-refractivity contribution in [3.05, 3.63) is 34.3 Å². The molecular formula is C14H23BrN2O. The van der Waals surface area contributed by atoms with Gasteiger partial charge in [0.1, 0.15) is 0 Å². The van der Waals surface area contributed by atoms with E-state index in [1.165, 1.54) is 5.56 Å². The quantitative estimate of drug-likeness (QED) is 0.722. The first-order chi connectivity index (χ1) is 8.61. The summed E-state index contributed by atoms with van der Waals surface area (Å²) in [6, 6.07) is 8.29. The molecule has 0 fully saturated rings. The van der Waals surface area contributed by atoms with Crippen LogP contribution in [0.15, 0.2) is 28.7 Å². The fourth-order valence-electron chi connectivity index (χ4n) is 1.84. The zero-order chi connectivity index (χ0) is 13.4. The number of benzene rings is 1. The van der Waals surface area contributed by atoms with Gasteiger partial charge in [-0.1, -0.05) is 35.0 Å². The maximum Gasteiger partial charge on any atom is 0.0791 e. The summed E-state index contributed by atoms with van der Waals surface area (Å²) < 4.78 is 1.10. The van der Waals surface area contributed by atoms with Crippen LogP contribution in [0.4, 0.5) is 0 Å². The molecule has 0 spiro atoms. The molecule has 0 aliphatic rings. The molecule has 3 nitrogen and oxygen atoms in total. The number of nitrogens with zero attached hydrogens (tertiary/aromatic N) is 1. The number of hydrogen-bond acceptors (Lipinski definition) is 3. The highest BCUT2D eigenvalue weighted by Gasteiger charge is 2.08. The third-order valence-corrected chi connectivity index (χ3v) is 3.22. The second kappa shape index (κ2) is 8.64. The standard InChI is InChI=1S/C14H23BrN2O/c1-3-8-16-9-14(18)11-17(2)10-12-4-6-13(15)7-5-12/h4-7,14,16,18H,3,8-11H2,1-2H3. The number of likely N-dealkylation sites (N-methyl/N-ethyl adjacent to an activating group) is 1. The monoisotopic (exact) mass is 314 g/mol. The van der Waals surface area contributed by atoms with E-state index in [0.717, 1.165) is 24.0 Å². The van der Waals surface area contributed by atoms with Gasteiger partial charge in [-0.05, 0) is 37.7 Å². The Labute approximate surface area is 118 Å². The van der Waals surface area contributed by atoms with Gasteiger partial charge in [-0.2, -0.15) is 0 Å². The Hall–Kier alpha value is -0.420. The van der Waals surface area contributed by atoms with E-state index in [2.05, 4.69) is 45.2 Å². The maximum atomic E-state index is 9.86. The van der Waals surface area contributed by atoms with Crippen molar-refractivity contribution in [1.82, 2.24) is 10.2 Å². The fraction of sp³-hybridized carbons (Fsp3) is 0.571. The van der Waals surface area contributed by atoms with Crippen molar-refractivity contribution in [3.8, 4) is 0 Å². The maximum absolute atomic E-state index is 9.86. The van der Waals surface area contributed by atoms with Crippen LogP contribution in [0.25, 0.3) is 0 Å². The average molecular weight is 315 g/mol. The SMILES string of the molecule is CCCNCC(O)CN(C)Cc1ccc(Br)cc1. The highest BCUT2D eigenvalue weighted by molar-refractivity contribution is 9.10. The molecule has 0 bridgehead atoms. The normalized spacial score (nSPS) is 12.9. The summed E-state index contributed by atoms with van der Waals surface area (Å²) in [6.07, 6.45) is 0.790. The van der Waals surface area contributed by atoms with E-state index in [9.17, 15) is 5.11 Å². The molecule has 0 radical (unpaired) electrons. The van der Waals surface area contributed by atoms with Crippen LogP contribution in [0.2, 0.25) is 0 Å². The zero-order valence-corrected chi connectivity index (χ0v) is 12.8. The lowest BCUT2D eigenvalue weighted by molar-refractivity contribution is 0.121. The van der Waals surface area contributed by atoms with Crippen molar-refractivity contribution in [2.45, 2.75) is 26.0 Å². The highest BCUT2D eigenvalue weighted by Crippen LogP contribution is 2.11. The van der Waals surface area contributed by atoms with Crippen LogP contribution in [0.5, 0.6) is 0 Å². The molecule has 2 N–H and O–H groups in total. The molecule has 0 aliphatic heterocycles. The van der Waals surface area contributed by atoms with E-state index in [0.29, 0.717) is 13.1 Å². The van der Waals surface area contributed by atoms with Crippen molar-refractivity contribution in [1.29, 1.82) is 0 Å².